The van der Waals surface area contributed by atoms with E-state index in [9.17, 15) is 19.7 Å². The molecule has 0 saturated carbocycles. The van der Waals surface area contributed by atoms with Gasteiger partial charge in [0, 0.05) is 23.6 Å². The molecule has 0 aromatic heterocycles. The number of hydrogen-bond donors (Lipinski definition) is 0. The summed E-state index contributed by atoms with van der Waals surface area (Å²) in [6, 6.07) is 12.2. The monoisotopic (exact) mass is 503 g/mol. The molecule has 0 unspecified atom stereocenters. The largest absolute Gasteiger partial charge is 0.378 e. The molecule has 0 aliphatic carbocycles. The Labute approximate surface area is 191 Å². The van der Waals surface area contributed by atoms with Gasteiger partial charge in [-0.05, 0) is 41.1 Å². The van der Waals surface area contributed by atoms with Gasteiger partial charge in [0.1, 0.15) is 5.69 Å². The third-order valence-electron chi connectivity index (χ3n) is 5.01. The fourth-order valence-electron chi connectivity index (χ4n) is 3.43. The zero-order valence-corrected chi connectivity index (χ0v) is 18.7. The number of halogens is 1. The van der Waals surface area contributed by atoms with Crippen LogP contribution in [0, 0.1) is 10.1 Å². The second-order valence-electron chi connectivity index (χ2n) is 6.96. The lowest BCUT2D eigenvalue weighted by atomic mass is 10.1. The van der Waals surface area contributed by atoms with E-state index in [1.165, 1.54) is 17.0 Å². The molecular formula is C21H18BrN3O5S. The normalized spacial score (nSPS) is 18.2. The van der Waals surface area contributed by atoms with Gasteiger partial charge in [0.25, 0.3) is 16.8 Å². The number of nitrogens with zero attached hydrogens (tertiary/aromatic N) is 3. The zero-order chi connectivity index (χ0) is 22.0. The van der Waals surface area contributed by atoms with Crippen LogP contribution in [-0.4, -0.2) is 47.3 Å². The minimum atomic E-state index is -0.430. The molecular weight excluding hydrogens is 486 g/mol. The van der Waals surface area contributed by atoms with Crippen molar-refractivity contribution >= 4 is 56.3 Å². The summed E-state index contributed by atoms with van der Waals surface area (Å²) < 4.78 is 6.13. The van der Waals surface area contributed by atoms with Crippen molar-refractivity contribution in [3.8, 4) is 0 Å². The lowest BCUT2D eigenvalue weighted by Crippen LogP contribution is -2.36. The summed E-state index contributed by atoms with van der Waals surface area (Å²) in [7, 11) is 0. The summed E-state index contributed by atoms with van der Waals surface area (Å²) in [6.45, 7) is 2.34. The molecule has 160 valence electrons. The SMILES string of the molecule is O=C1S/C(=C\c2ccc(N3CCOCC3)c([N+](=O)[O-])c2)C(=O)N1Cc1ccccc1Br. The molecule has 31 heavy (non-hydrogen) atoms. The minimum absolute atomic E-state index is 0.0388. The molecule has 2 heterocycles. The lowest BCUT2D eigenvalue weighted by molar-refractivity contribution is -0.384. The molecule has 0 bridgehead atoms. The van der Waals surface area contributed by atoms with Crippen LogP contribution in [0.3, 0.4) is 0 Å². The van der Waals surface area contributed by atoms with E-state index in [1.54, 1.807) is 12.1 Å². The van der Waals surface area contributed by atoms with Crippen molar-refractivity contribution in [1.82, 2.24) is 4.90 Å². The molecule has 2 fully saturated rings. The van der Waals surface area contributed by atoms with Crippen molar-refractivity contribution < 1.29 is 19.2 Å². The average Bonchev–Trinajstić information content (AvgIpc) is 3.03. The van der Waals surface area contributed by atoms with Gasteiger partial charge < -0.3 is 9.64 Å². The number of anilines is 1. The number of thioether (sulfide) groups is 1. The Morgan fingerprint density at radius 2 is 1.90 bits per heavy atom. The first-order valence-corrected chi connectivity index (χ1v) is 11.1. The number of nitro groups is 1. The number of imide groups is 1. The molecule has 0 spiro atoms. The quantitative estimate of drug-likeness (QED) is 0.338. The van der Waals surface area contributed by atoms with Crippen molar-refractivity contribution in [3.05, 3.63) is 73.1 Å². The number of carbonyl (C=O) groups excluding carboxylic acids is 2. The van der Waals surface area contributed by atoms with Gasteiger partial charge in [-0.25, -0.2) is 0 Å². The fraction of sp³-hybridized carbons (Fsp3) is 0.238. The van der Waals surface area contributed by atoms with Gasteiger partial charge in [0.15, 0.2) is 0 Å². The number of benzene rings is 2. The molecule has 0 radical (unpaired) electrons. The summed E-state index contributed by atoms with van der Waals surface area (Å²) in [6.07, 6.45) is 1.53. The van der Waals surface area contributed by atoms with Crippen LogP contribution in [0.15, 0.2) is 51.8 Å². The van der Waals surface area contributed by atoms with Crippen molar-refractivity contribution in [2.75, 3.05) is 31.2 Å². The highest BCUT2D eigenvalue weighted by molar-refractivity contribution is 9.10. The van der Waals surface area contributed by atoms with Gasteiger partial charge in [-0.3, -0.25) is 24.6 Å². The number of nitro benzene ring substituents is 1. The summed E-state index contributed by atoms with van der Waals surface area (Å²) >= 11 is 4.26. The number of morpholine rings is 1. The molecule has 2 aliphatic heterocycles. The van der Waals surface area contributed by atoms with Gasteiger partial charge in [-0.1, -0.05) is 40.2 Å². The molecule has 2 aliphatic rings. The Kier molecular flexibility index (Phi) is 6.40. The molecule has 2 aromatic rings. The highest BCUT2D eigenvalue weighted by atomic mass is 79.9. The number of ether oxygens (including phenoxy) is 1. The molecule has 8 nitrogen and oxygen atoms in total. The maximum absolute atomic E-state index is 12.8. The molecule has 0 atom stereocenters. The Morgan fingerprint density at radius 3 is 2.61 bits per heavy atom. The summed E-state index contributed by atoms with van der Waals surface area (Å²) in [4.78, 5) is 39.8. The first-order valence-electron chi connectivity index (χ1n) is 9.54. The molecule has 4 rings (SSSR count). The Morgan fingerprint density at radius 1 is 1.16 bits per heavy atom. The minimum Gasteiger partial charge on any atom is -0.378 e. The Bertz CT molecular complexity index is 1080. The van der Waals surface area contributed by atoms with Crippen molar-refractivity contribution in [1.29, 1.82) is 0 Å². The Hall–Kier alpha value is -2.69. The highest BCUT2D eigenvalue weighted by Gasteiger charge is 2.35. The second kappa shape index (κ2) is 9.21. The number of amides is 2. The van der Waals surface area contributed by atoms with Crippen LogP contribution in [0.25, 0.3) is 6.08 Å². The van der Waals surface area contributed by atoms with Crippen molar-refractivity contribution in [2.45, 2.75) is 6.54 Å². The molecule has 2 aromatic carbocycles. The third-order valence-corrected chi connectivity index (χ3v) is 6.69. The zero-order valence-electron chi connectivity index (χ0n) is 16.3. The van der Waals surface area contributed by atoms with Gasteiger partial charge in [0.2, 0.25) is 0 Å². The third kappa shape index (κ3) is 4.65. The number of rotatable bonds is 5. The number of carbonyl (C=O) groups is 2. The van der Waals surface area contributed by atoms with Crippen LogP contribution in [0.2, 0.25) is 0 Å². The highest BCUT2D eigenvalue weighted by Crippen LogP contribution is 2.36. The average molecular weight is 504 g/mol. The smallest absolute Gasteiger partial charge is 0.293 e. The number of hydrogen-bond acceptors (Lipinski definition) is 7. The second-order valence-corrected chi connectivity index (χ2v) is 8.81. The van der Waals surface area contributed by atoms with Crippen LogP contribution in [0.5, 0.6) is 0 Å². The maximum atomic E-state index is 12.8. The predicted octanol–water partition coefficient (Wildman–Crippen LogP) is 4.43. The van der Waals surface area contributed by atoms with Crippen molar-refractivity contribution in [3.63, 3.8) is 0 Å². The van der Waals surface area contributed by atoms with E-state index < -0.39 is 10.8 Å². The molecule has 2 saturated heterocycles. The standard InChI is InChI=1S/C21H18BrN3O5S/c22-16-4-2-1-3-15(16)13-24-20(26)19(31-21(24)27)12-14-5-6-17(18(11-14)25(28)29)23-7-9-30-10-8-23/h1-6,11-12H,7-10,13H2/b19-12-. The van der Waals surface area contributed by atoms with Gasteiger partial charge in [-0.2, -0.15) is 0 Å². The molecule has 0 N–H and O–H groups in total. The van der Waals surface area contributed by atoms with E-state index in [4.69, 9.17) is 4.74 Å². The van der Waals surface area contributed by atoms with Crippen LogP contribution >= 0.6 is 27.7 Å². The van der Waals surface area contributed by atoms with Crippen LogP contribution in [-0.2, 0) is 16.1 Å². The van der Waals surface area contributed by atoms with Gasteiger partial charge >= 0.3 is 0 Å². The van der Waals surface area contributed by atoms with E-state index in [1.807, 2.05) is 29.2 Å². The predicted molar refractivity (Wildman–Crippen MR) is 122 cm³/mol. The van der Waals surface area contributed by atoms with Crippen molar-refractivity contribution in [2.24, 2.45) is 0 Å². The first-order chi connectivity index (χ1) is 14.9. The first kappa shape index (κ1) is 21.5. The van der Waals surface area contributed by atoms with Crippen LogP contribution < -0.4 is 4.90 Å². The van der Waals surface area contributed by atoms with E-state index in [0.29, 0.717) is 37.6 Å². The summed E-state index contributed by atoms with van der Waals surface area (Å²) in [5.41, 5.74) is 1.79. The molecule has 10 heteroatoms. The van der Waals surface area contributed by atoms with Gasteiger partial charge in [0.05, 0.1) is 29.6 Å². The van der Waals surface area contributed by atoms with E-state index >= 15 is 0 Å². The van der Waals surface area contributed by atoms with Crippen LogP contribution in [0.1, 0.15) is 11.1 Å². The topological polar surface area (TPSA) is 93.0 Å². The van der Waals surface area contributed by atoms with E-state index in [2.05, 4.69) is 15.9 Å². The molecule has 2 amide bonds. The van der Waals surface area contributed by atoms with E-state index in [-0.39, 0.29) is 22.4 Å². The summed E-state index contributed by atoms with van der Waals surface area (Å²) in [5.74, 6) is -0.411. The fourth-order valence-corrected chi connectivity index (χ4v) is 4.68. The Balaban J connectivity index is 1.58. The van der Waals surface area contributed by atoms with Gasteiger partial charge in [-0.15, -0.1) is 0 Å². The van der Waals surface area contributed by atoms with E-state index in [0.717, 1.165) is 21.8 Å². The maximum Gasteiger partial charge on any atom is 0.293 e. The summed E-state index contributed by atoms with van der Waals surface area (Å²) in [5, 5.41) is 11.3. The lowest BCUT2D eigenvalue weighted by Gasteiger charge is -2.28. The van der Waals surface area contributed by atoms with Crippen LogP contribution in [0.4, 0.5) is 16.2 Å².